The van der Waals surface area contributed by atoms with Gasteiger partial charge in [0.15, 0.2) is 5.75 Å². The molecule has 0 aliphatic heterocycles. The summed E-state index contributed by atoms with van der Waals surface area (Å²) in [5.41, 5.74) is 0. The number of hydrogen-bond acceptors (Lipinski definition) is 2. The van der Waals surface area contributed by atoms with Crippen molar-refractivity contribution >= 4 is 54.5 Å². The van der Waals surface area contributed by atoms with E-state index in [1.54, 1.807) is 22.6 Å². The molecule has 14 heavy (non-hydrogen) atoms. The van der Waals surface area contributed by atoms with Crippen LogP contribution in [0.2, 0.25) is 0 Å². The van der Waals surface area contributed by atoms with Gasteiger partial charge >= 0.3 is 6.36 Å². The lowest BCUT2D eigenvalue weighted by Gasteiger charge is -2.12. The normalized spacial score (nSPS) is 11.6. The maximum atomic E-state index is 12.0. The van der Waals surface area contributed by atoms with Crippen molar-refractivity contribution in [1.29, 1.82) is 0 Å². The van der Waals surface area contributed by atoms with Gasteiger partial charge in [-0.1, -0.05) is 0 Å². The Morgan fingerprint density at radius 3 is 2.43 bits per heavy atom. The average molecular weight is 447 g/mol. The fourth-order valence-corrected chi connectivity index (χ4v) is 2.21. The molecule has 1 aromatic heterocycles. The molecule has 0 bridgehead atoms. The summed E-state index contributed by atoms with van der Waals surface area (Å²) in [4.78, 5) is 3.78. The van der Waals surface area contributed by atoms with E-state index in [9.17, 15) is 13.2 Å². The van der Waals surface area contributed by atoms with E-state index >= 15 is 0 Å². The molecule has 0 radical (unpaired) electrons. The number of aromatic nitrogens is 1. The Morgan fingerprint density at radius 1 is 1.36 bits per heavy atom. The van der Waals surface area contributed by atoms with Gasteiger partial charge < -0.3 is 4.74 Å². The molecule has 0 aliphatic rings. The summed E-state index contributed by atoms with van der Waals surface area (Å²) in [6, 6.07) is 0. The number of rotatable bonds is 1. The van der Waals surface area contributed by atoms with Gasteiger partial charge in [-0.3, -0.25) is 0 Å². The molecule has 8 heteroatoms. The van der Waals surface area contributed by atoms with Crippen LogP contribution in [-0.2, 0) is 0 Å². The predicted octanol–water partition coefficient (Wildman–Crippen LogP) is 4.11. The smallest absolute Gasteiger partial charge is 0.403 e. The monoisotopic (exact) mass is 445 g/mol. The highest BCUT2D eigenvalue weighted by Crippen LogP contribution is 2.36. The standard InChI is InChI=1S/C6HBr2F3INO/c7-2-1-13-5(8)3(12)4(2)14-6(9,10)11/h1H. The second kappa shape index (κ2) is 4.52. The van der Waals surface area contributed by atoms with Gasteiger partial charge in [0.25, 0.3) is 0 Å². The Labute approximate surface area is 108 Å². The fourth-order valence-electron chi connectivity index (χ4n) is 0.636. The van der Waals surface area contributed by atoms with Crippen molar-refractivity contribution in [3.63, 3.8) is 0 Å². The Bertz CT molecular complexity index is 358. The molecule has 1 aromatic rings. The Hall–Kier alpha value is 0.430. The number of pyridine rings is 1. The zero-order valence-corrected chi connectivity index (χ0v) is 11.5. The van der Waals surface area contributed by atoms with E-state index in [-0.39, 0.29) is 13.8 Å². The zero-order chi connectivity index (χ0) is 10.9. The molecule has 0 atom stereocenters. The summed E-state index contributed by atoms with van der Waals surface area (Å²) in [5, 5.41) is 0. The number of halogens is 6. The lowest BCUT2D eigenvalue weighted by Crippen LogP contribution is -2.18. The van der Waals surface area contributed by atoms with Crippen LogP contribution in [-0.4, -0.2) is 11.3 Å². The molecule has 0 N–H and O–H groups in total. The number of hydrogen-bond donors (Lipinski definition) is 0. The topological polar surface area (TPSA) is 22.1 Å². The largest absolute Gasteiger partial charge is 0.573 e. The summed E-state index contributed by atoms with van der Waals surface area (Å²) < 4.78 is 40.4. The molecule has 0 saturated carbocycles. The van der Waals surface area contributed by atoms with Crippen molar-refractivity contribution in [2.45, 2.75) is 6.36 Å². The maximum Gasteiger partial charge on any atom is 0.573 e. The van der Waals surface area contributed by atoms with Crippen LogP contribution >= 0.6 is 54.5 Å². The first-order valence-corrected chi connectivity index (χ1v) is 5.73. The van der Waals surface area contributed by atoms with Crippen LogP contribution in [0.25, 0.3) is 0 Å². The fraction of sp³-hybridized carbons (Fsp3) is 0.167. The van der Waals surface area contributed by atoms with Gasteiger partial charge in [0.2, 0.25) is 0 Å². The van der Waals surface area contributed by atoms with Gasteiger partial charge in [0.1, 0.15) is 4.60 Å². The van der Waals surface area contributed by atoms with Crippen LogP contribution in [0, 0.1) is 3.57 Å². The summed E-state index contributed by atoms with van der Waals surface area (Å²) in [5.74, 6) is -0.292. The van der Waals surface area contributed by atoms with Gasteiger partial charge in [0.05, 0.1) is 8.04 Å². The minimum Gasteiger partial charge on any atom is -0.403 e. The summed E-state index contributed by atoms with van der Waals surface area (Å²) in [6.45, 7) is 0. The van der Waals surface area contributed by atoms with Gasteiger partial charge in [-0.2, -0.15) is 0 Å². The molecule has 2 nitrogen and oxygen atoms in total. The highest BCUT2D eigenvalue weighted by molar-refractivity contribution is 14.1. The maximum absolute atomic E-state index is 12.0. The van der Waals surface area contributed by atoms with E-state index in [1.807, 2.05) is 0 Å². The van der Waals surface area contributed by atoms with Crippen molar-refractivity contribution in [2.75, 3.05) is 0 Å². The molecule has 78 valence electrons. The first-order chi connectivity index (χ1) is 6.31. The van der Waals surface area contributed by atoms with E-state index in [2.05, 4.69) is 41.6 Å². The SMILES string of the molecule is FC(F)(F)Oc1c(Br)cnc(Br)c1I. The lowest BCUT2D eigenvalue weighted by atomic mass is 10.4. The number of nitrogens with zero attached hydrogens (tertiary/aromatic N) is 1. The van der Waals surface area contributed by atoms with Crippen molar-refractivity contribution in [3.8, 4) is 5.75 Å². The molecule has 0 amide bonds. The molecule has 0 unspecified atom stereocenters. The number of ether oxygens (including phenoxy) is 1. The average Bonchev–Trinajstić information content (AvgIpc) is 2.04. The second-order valence-corrected chi connectivity index (χ2v) is 4.77. The van der Waals surface area contributed by atoms with Crippen molar-refractivity contribution in [3.05, 3.63) is 18.8 Å². The molecule has 0 fully saturated rings. The Morgan fingerprint density at radius 2 is 1.93 bits per heavy atom. The third kappa shape index (κ3) is 3.23. The molecular weight excluding hydrogens is 446 g/mol. The van der Waals surface area contributed by atoms with Gasteiger partial charge in [0, 0.05) is 6.20 Å². The summed E-state index contributed by atoms with van der Waals surface area (Å²) in [6.07, 6.45) is -3.48. The minimum atomic E-state index is -4.71. The van der Waals surface area contributed by atoms with E-state index in [4.69, 9.17) is 0 Å². The molecule has 0 aliphatic carbocycles. The lowest BCUT2D eigenvalue weighted by molar-refractivity contribution is -0.275. The zero-order valence-electron chi connectivity index (χ0n) is 6.20. The predicted molar refractivity (Wildman–Crippen MR) is 59.0 cm³/mol. The van der Waals surface area contributed by atoms with Gasteiger partial charge in [-0.15, -0.1) is 13.2 Å². The van der Waals surface area contributed by atoms with Crippen molar-refractivity contribution in [2.24, 2.45) is 0 Å². The van der Waals surface area contributed by atoms with Crippen LogP contribution in [0.15, 0.2) is 15.3 Å². The quantitative estimate of drug-likeness (QED) is 0.478. The Kier molecular flexibility index (Phi) is 4.03. The molecule has 1 rings (SSSR count). The second-order valence-electron chi connectivity index (χ2n) is 2.09. The van der Waals surface area contributed by atoms with Crippen molar-refractivity contribution in [1.82, 2.24) is 4.98 Å². The minimum absolute atomic E-state index is 0.155. The van der Waals surface area contributed by atoms with Crippen LogP contribution < -0.4 is 4.74 Å². The van der Waals surface area contributed by atoms with Crippen LogP contribution in [0.5, 0.6) is 5.75 Å². The van der Waals surface area contributed by atoms with Gasteiger partial charge in [-0.05, 0) is 54.5 Å². The van der Waals surface area contributed by atoms with E-state index < -0.39 is 6.36 Å². The van der Waals surface area contributed by atoms with Crippen LogP contribution in [0.1, 0.15) is 0 Å². The summed E-state index contributed by atoms with van der Waals surface area (Å²) >= 11 is 7.63. The first kappa shape index (κ1) is 12.5. The molecule has 1 heterocycles. The number of alkyl halides is 3. The third-order valence-corrected chi connectivity index (χ3v) is 4.01. The molecular formula is C6HBr2F3INO. The molecule has 0 aromatic carbocycles. The third-order valence-electron chi connectivity index (χ3n) is 1.11. The van der Waals surface area contributed by atoms with Crippen LogP contribution in [0.3, 0.4) is 0 Å². The van der Waals surface area contributed by atoms with Gasteiger partial charge in [-0.25, -0.2) is 4.98 Å². The first-order valence-electron chi connectivity index (χ1n) is 3.06. The highest BCUT2D eigenvalue weighted by atomic mass is 127. The van der Waals surface area contributed by atoms with E-state index in [1.165, 1.54) is 6.20 Å². The van der Waals surface area contributed by atoms with E-state index in [0.717, 1.165) is 0 Å². The Balaban J connectivity index is 3.13. The highest BCUT2D eigenvalue weighted by Gasteiger charge is 2.33. The summed E-state index contributed by atoms with van der Waals surface area (Å²) in [7, 11) is 0. The van der Waals surface area contributed by atoms with Crippen molar-refractivity contribution < 1.29 is 17.9 Å². The molecule has 0 saturated heterocycles. The molecule has 0 spiro atoms. The van der Waals surface area contributed by atoms with Crippen LogP contribution in [0.4, 0.5) is 13.2 Å². The van der Waals surface area contributed by atoms with E-state index in [0.29, 0.717) is 4.60 Å².